The van der Waals surface area contributed by atoms with E-state index in [4.69, 9.17) is 11.6 Å². The van der Waals surface area contributed by atoms with Crippen molar-refractivity contribution in [3.05, 3.63) is 64.9 Å². The zero-order valence-electron chi connectivity index (χ0n) is 11.4. The van der Waals surface area contributed by atoms with E-state index >= 15 is 0 Å². The fraction of sp³-hybridized carbons (Fsp3) is 0. The summed E-state index contributed by atoms with van der Waals surface area (Å²) in [5, 5.41) is 18.6. The Hall–Kier alpha value is -2.97. The maximum absolute atomic E-state index is 12.3. The van der Waals surface area contributed by atoms with Crippen molar-refractivity contribution in [2.45, 2.75) is 0 Å². The highest BCUT2D eigenvalue weighted by Crippen LogP contribution is 2.31. The highest BCUT2D eigenvalue weighted by atomic mass is 35.5. The number of amides is 1. The number of carbonyl (C=O) groups excluding carboxylic acids is 1. The smallest absolute Gasteiger partial charge is 0.270 e. The predicted octanol–water partition coefficient (Wildman–Crippen LogP) is 3.55. The van der Waals surface area contributed by atoms with E-state index < -0.39 is 5.91 Å². The second kappa shape index (κ2) is 5.80. The van der Waals surface area contributed by atoms with E-state index in [1.54, 1.807) is 24.3 Å². The van der Waals surface area contributed by atoms with Crippen molar-refractivity contribution < 1.29 is 4.79 Å². The van der Waals surface area contributed by atoms with E-state index in [2.05, 4.69) is 16.0 Å². The molecule has 1 aliphatic heterocycles. The molecule has 108 valence electrons. The van der Waals surface area contributed by atoms with Crippen LogP contribution in [0.2, 0.25) is 5.02 Å². The molecule has 1 amide bonds. The number of carbonyl (C=O) groups is 1. The number of rotatable bonds is 2. The molecule has 6 heteroatoms. The molecule has 0 atom stereocenters. The van der Waals surface area contributed by atoms with Crippen LogP contribution in [0.1, 0.15) is 0 Å². The lowest BCUT2D eigenvalue weighted by molar-refractivity contribution is -0.112. The number of nitriles is 1. The molecule has 0 spiro atoms. The van der Waals surface area contributed by atoms with E-state index in [0.29, 0.717) is 16.5 Å². The van der Waals surface area contributed by atoms with E-state index in [1.165, 1.54) is 0 Å². The molecular weight excluding hydrogens is 300 g/mol. The van der Waals surface area contributed by atoms with Crippen molar-refractivity contribution in [1.82, 2.24) is 0 Å². The minimum Gasteiger partial charge on any atom is -0.339 e. The van der Waals surface area contributed by atoms with Gasteiger partial charge in [-0.1, -0.05) is 23.7 Å². The van der Waals surface area contributed by atoms with Crippen molar-refractivity contribution in [3.63, 3.8) is 0 Å². The van der Waals surface area contributed by atoms with Gasteiger partial charge in [0.05, 0.1) is 11.4 Å². The molecule has 0 bridgehead atoms. The van der Waals surface area contributed by atoms with Crippen LogP contribution in [0.3, 0.4) is 0 Å². The fourth-order valence-corrected chi connectivity index (χ4v) is 2.20. The summed E-state index contributed by atoms with van der Waals surface area (Å²) in [4.78, 5) is 12.3. The van der Waals surface area contributed by atoms with Crippen molar-refractivity contribution in [3.8, 4) is 6.07 Å². The molecule has 1 heterocycles. The van der Waals surface area contributed by atoms with Gasteiger partial charge >= 0.3 is 0 Å². The maximum Gasteiger partial charge on any atom is 0.270 e. The van der Waals surface area contributed by atoms with Crippen LogP contribution in [0.4, 0.5) is 17.1 Å². The van der Waals surface area contributed by atoms with Crippen molar-refractivity contribution in [1.29, 1.82) is 5.26 Å². The summed E-state index contributed by atoms with van der Waals surface area (Å²) < 4.78 is 0. The number of anilines is 3. The van der Waals surface area contributed by atoms with E-state index in [9.17, 15) is 10.1 Å². The number of fused-ring (bicyclic) bond motifs is 1. The van der Waals surface area contributed by atoms with Crippen LogP contribution in [-0.4, -0.2) is 5.91 Å². The Bertz CT molecular complexity index is 779. The lowest BCUT2D eigenvalue weighted by Gasteiger charge is -2.07. The first-order valence-electron chi connectivity index (χ1n) is 6.52. The van der Waals surface area contributed by atoms with Gasteiger partial charge in [0.15, 0.2) is 5.57 Å². The molecule has 2 aromatic carbocycles. The second-order valence-electron chi connectivity index (χ2n) is 4.62. The zero-order chi connectivity index (χ0) is 15.5. The van der Waals surface area contributed by atoms with Crippen LogP contribution in [0.5, 0.6) is 0 Å². The third kappa shape index (κ3) is 2.73. The van der Waals surface area contributed by atoms with Gasteiger partial charge in [-0.2, -0.15) is 5.26 Å². The normalized spacial score (nSPS) is 11.7. The Morgan fingerprint density at radius 2 is 1.64 bits per heavy atom. The first kappa shape index (κ1) is 14.0. The molecule has 2 aromatic rings. The van der Waals surface area contributed by atoms with Gasteiger partial charge in [0.1, 0.15) is 11.9 Å². The third-order valence-corrected chi connectivity index (χ3v) is 3.39. The number of hydrogen-bond donors (Lipinski definition) is 3. The average Bonchev–Trinajstić information content (AvgIpc) is 2.94. The monoisotopic (exact) mass is 310 g/mol. The number of halogens is 1. The lowest BCUT2D eigenvalue weighted by Crippen LogP contribution is -2.18. The minimum absolute atomic E-state index is 0.0221. The molecule has 1 aliphatic rings. The van der Waals surface area contributed by atoms with Gasteiger partial charge in [-0.3, -0.25) is 4.79 Å². The van der Waals surface area contributed by atoms with Gasteiger partial charge in [-0.25, -0.2) is 0 Å². The molecule has 3 rings (SSSR count). The van der Waals surface area contributed by atoms with Gasteiger partial charge in [-0.05, 0) is 36.4 Å². The highest BCUT2D eigenvalue weighted by Gasteiger charge is 2.21. The van der Waals surface area contributed by atoms with Gasteiger partial charge in [0, 0.05) is 10.7 Å². The van der Waals surface area contributed by atoms with Gasteiger partial charge in [0.2, 0.25) is 0 Å². The van der Waals surface area contributed by atoms with Crippen LogP contribution in [0.25, 0.3) is 0 Å². The lowest BCUT2D eigenvalue weighted by atomic mass is 10.2. The Labute approximate surface area is 132 Å². The summed E-state index contributed by atoms with van der Waals surface area (Å²) in [6.07, 6.45) is 0. The van der Waals surface area contributed by atoms with E-state index in [-0.39, 0.29) is 5.57 Å². The molecule has 0 saturated carbocycles. The predicted molar refractivity (Wildman–Crippen MR) is 86.4 cm³/mol. The van der Waals surface area contributed by atoms with Gasteiger partial charge in [0.25, 0.3) is 5.91 Å². The average molecular weight is 311 g/mol. The van der Waals surface area contributed by atoms with Crippen LogP contribution in [0.15, 0.2) is 59.9 Å². The van der Waals surface area contributed by atoms with Crippen LogP contribution >= 0.6 is 11.6 Å². The largest absolute Gasteiger partial charge is 0.339 e. The Balaban J connectivity index is 1.83. The standard InChI is InChI=1S/C16H11ClN4O/c17-10-5-7-11(8-6-10)19-16(22)12(9-18)15-20-13-3-1-2-4-14(13)21-15/h1-8,20-21H,(H,19,22). The molecule has 3 N–H and O–H groups in total. The Kier molecular flexibility index (Phi) is 3.69. The summed E-state index contributed by atoms with van der Waals surface area (Å²) in [7, 11) is 0. The van der Waals surface area contributed by atoms with Crippen LogP contribution in [-0.2, 0) is 4.79 Å². The summed E-state index contributed by atoms with van der Waals surface area (Å²) in [5.74, 6) is -0.122. The van der Waals surface area contributed by atoms with E-state index in [1.807, 2.05) is 30.3 Å². The molecule has 0 aromatic heterocycles. The van der Waals surface area contributed by atoms with Gasteiger partial charge < -0.3 is 16.0 Å². The van der Waals surface area contributed by atoms with Crippen molar-refractivity contribution >= 4 is 34.6 Å². The molecule has 22 heavy (non-hydrogen) atoms. The second-order valence-corrected chi connectivity index (χ2v) is 5.05. The highest BCUT2D eigenvalue weighted by molar-refractivity contribution is 6.30. The fourth-order valence-electron chi connectivity index (χ4n) is 2.07. The number of nitrogens with zero attached hydrogens (tertiary/aromatic N) is 1. The molecular formula is C16H11ClN4O. The summed E-state index contributed by atoms with van der Waals surface area (Å²) in [5.41, 5.74) is 2.19. The number of nitrogens with one attached hydrogen (secondary N) is 3. The van der Waals surface area contributed by atoms with Crippen LogP contribution < -0.4 is 16.0 Å². The first-order chi connectivity index (χ1) is 10.7. The molecule has 0 radical (unpaired) electrons. The Morgan fingerprint density at radius 3 is 2.18 bits per heavy atom. The molecule has 0 fully saturated rings. The minimum atomic E-state index is -0.493. The third-order valence-electron chi connectivity index (χ3n) is 3.14. The van der Waals surface area contributed by atoms with Crippen LogP contribution in [0, 0.1) is 11.3 Å². The summed E-state index contributed by atoms with van der Waals surface area (Å²) in [6, 6.07) is 16.1. The van der Waals surface area contributed by atoms with E-state index in [0.717, 1.165) is 11.4 Å². The SMILES string of the molecule is N#CC(C(=O)Nc1ccc(Cl)cc1)=C1Nc2ccccc2N1. The number of hydrogen-bond acceptors (Lipinski definition) is 4. The Morgan fingerprint density at radius 1 is 1.05 bits per heavy atom. The number of para-hydroxylation sites is 2. The maximum atomic E-state index is 12.3. The van der Waals surface area contributed by atoms with Gasteiger partial charge in [-0.15, -0.1) is 0 Å². The summed E-state index contributed by atoms with van der Waals surface area (Å²) in [6.45, 7) is 0. The molecule has 0 aliphatic carbocycles. The molecule has 0 saturated heterocycles. The topological polar surface area (TPSA) is 77.0 Å². The van der Waals surface area contributed by atoms with Crippen molar-refractivity contribution in [2.24, 2.45) is 0 Å². The van der Waals surface area contributed by atoms with Crippen molar-refractivity contribution in [2.75, 3.05) is 16.0 Å². The quantitative estimate of drug-likeness (QED) is 0.585. The first-order valence-corrected chi connectivity index (χ1v) is 6.89. The summed E-state index contributed by atoms with van der Waals surface area (Å²) >= 11 is 5.80. The molecule has 5 nitrogen and oxygen atoms in total. The molecule has 0 unspecified atom stereocenters. The zero-order valence-corrected chi connectivity index (χ0v) is 12.1. The number of benzene rings is 2.